The van der Waals surface area contributed by atoms with Crippen LogP contribution in [0.1, 0.15) is 19.0 Å². The Morgan fingerprint density at radius 1 is 1.64 bits per heavy atom. The van der Waals surface area contributed by atoms with Gasteiger partial charge in [-0.1, -0.05) is 6.92 Å². The molecule has 1 aromatic heterocycles. The number of anilines is 1. The molecule has 1 heterocycles. The number of rotatable bonds is 5. The molecule has 1 atom stereocenters. The molecular formula is C10H20N4. The van der Waals surface area contributed by atoms with Gasteiger partial charge in [-0.05, 0) is 25.8 Å². The fraction of sp³-hybridized carbons (Fsp3) is 0.700. The van der Waals surface area contributed by atoms with Crippen molar-refractivity contribution >= 4 is 5.82 Å². The summed E-state index contributed by atoms with van der Waals surface area (Å²) in [4.78, 5) is 0. The van der Waals surface area contributed by atoms with Gasteiger partial charge in [0.1, 0.15) is 5.82 Å². The SMILES string of the molecule is Cc1cc(NCCC(C)CN)n(C)n1. The number of nitrogens with zero attached hydrogens (tertiary/aromatic N) is 2. The molecule has 80 valence electrons. The van der Waals surface area contributed by atoms with Crippen molar-refractivity contribution in [2.24, 2.45) is 18.7 Å². The van der Waals surface area contributed by atoms with Crippen LogP contribution in [0.25, 0.3) is 0 Å². The van der Waals surface area contributed by atoms with E-state index in [0.717, 1.165) is 31.0 Å². The van der Waals surface area contributed by atoms with Gasteiger partial charge in [-0.2, -0.15) is 5.10 Å². The molecule has 0 spiro atoms. The van der Waals surface area contributed by atoms with Crippen LogP contribution >= 0.6 is 0 Å². The van der Waals surface area contributed by atoms with E-state index in [2.05, 4.69) is 17.3 Å². The molecule has 14 heavy (non-hydrogen) atoms. The third kappa shape index (κ3) is 3.03. The van der Waals surface area contributed by atoms with Crippen LogP contribution in [0.3, 0.4) is 0 Å². The molecule has 0 saturated heterocycles. The molecule has 1 unspecified atom stereocenters. The predicted molar refractivity (Wildman–Crippen MR) is 59.3 cm³/mol. The minimum Gasteiger partial charge on any atom is -0.370 e. The van der Waals surface area contributed by atoms with Gasteiger partial charge in [-0.3, -0.25) is 4.68 Å². The number of nitrogens with one attached hydrogen (secondary N) is 1. The maximum Gasteiger partial charge on any atom is 0.124 e. The maximum atomic E-state index is 5.54. The Morgan fingerprint density at radius 2 is 2.36 bits per heavy atom. The zero-order valence-electron chi connectivity index (χ0n) is 9.25. The molecule has 0 radical (unpaired) electrons. The number of hydrogen-bond donors (Lipinski definition) is 2. The second-order valence-corrected chi connectivity index (χ2v) is 3.85. The van der Waals surface area contributed by atoms with Crippen molar-refractivity contribution in [2.75, 3.05) is 18.4 Å². The van der Waals surface area contributed by atoms with E-state index in [9.17, 15) is 0 Å². The number of hydrogen-bond acceptors (Lipinski definition) is 3. The van der Waals surface area contributed by atoms with Crippen molar-refractivity contribution in [1.29, 1.82) is 0 Å². The largest absolute Gasteiger partial charge is 0.370 e. The highest BCUT2D eigenvalue weighted by Gasteiger charge is 2.02. The first kappa shape index (κ1) is 11.0. The topological polar surface area (TPSA) is 55.9 Å². The van der Waals surface area contributed by atoms with Crippen molar-refractivity contribution < 1.29 is 0 Å². The molecule has 4 nitrogen and oxygen atoms in total. The van der Waals surface area contributed by atoms with E-state index in [0.29, 0.717) is 5.92 Å². The lowest BCUT2D eigenvalue weighted by atomic mass is 10.1. The molecule has 0 fully saturated rings. The normalized spacial score (nSPS) is 12.9. The summed E-state index contributed by atoms with van der Waals surface area (Å²) in [5.74, 6) is 1.66. The lowest BCUT2D eigenvalue weighted by Gasteiger charge is -2.09. The quantitative estimate of drug-likeness (QED) is 0.742. The molecule has 1 rings (SSSR count). The average molecular weight is 196 g/mol. The van der Waals surface area contributed by atoms with Crippen molar-refractivity contribution in [1.82, 2.24) is 9.78 Å². The predicted octanol–water partition coefficient (Wildman–Crippen LogP) is 1.13. The third-order valence-corrected chi connectivity index (χ3v) is 2.35. The van der Waals surface area contributed by atoms with Crippen LogP contribution in [0.2, 0.25) is 0 Å². The van der Waals surface area contributed by atoms with Crippen LogP contribution in [-0.2, 0) is 7.05 Å². The van der Waals surface area contributed by atoms with Crippen molar-refractivity contribution in [3.8, 4) is 0 Å². The minimum absolute atomic E-state index is 0.580. The second-order valence-electron chi connectivity index (χ2n) is 3.85. The zero-order chi connectivity index (χ0) is 10.6. The molecule has 0 aliphatic carbocycles. The van der Waals surface area contributed by atoms with Crippen molar-refractivity contribution in [2.45, 2.75) is 20.3 Å². The summed E-state index contributed by atoms with van der Waals surface area (Å²) >= 11 is 0. The van der Waals surface area contributed by atoms with E-state index in [1.54, 1.807) is 0 Å². The molecule has 1 aromatic rings. The summed E-state index contributed by atoms with van der Waals surface area (Å²) < 4.78 is 1.86. The van der Waals surface area contributed by atoms with Gasteiger partial charge in [0, 0.05) is 19.7 Å². The Bertz CT molecular complexity index is 280. The lowest BCUT2D eigenvalue weighted by Crippen LogP contribution is -2.15. The van der Waals surface area contributed by atoms with E-state index in [1.807, 2.05) is 24.7 Å². The summed E-state index contributed by atoms with van der Waals surface area (Å²) in [6, 6.07) is 2.05. The number of aromatic nitrogens is 2. The molecule has 0 bridgehead atoms. The average Bonchev–Trinajstić information content (AvgIpc) is 2.45. The van der Waals surface area contributed by atoms with E-state index in [-0.39, 0.29) is 0 Å². The van der Waals surface area contributed by atoms with Gasteiger partial charge >= 0.3 is 0 Å². The molecule has 0 amide bonds. The molecule has 0 aromatic carbocycles. The van der Waals surface area contributed by atoms with Crippen molar-refractivity contribution in [3.05, 3.63) is 11.8 Å². The fourth-order valence-corrected chi connectivity index (χ4v) is 1.34. The summed E-state index contributed by atoms with van der Waals surface area (Å²) in [7, 11) is 1.95. The number of aryl methyl sites for hydroxylation is 2. The highest BCUT2D eigenvalue weighted by molar-refractivity contribution is 5.36. The Hall–Kier alpha value is -1.03. The van der Waals surface area contributed by atoms with Gasteiger partial charge in [0.05, 0.1) is 5.69 Å². The van der Waals surface area contributed by atoms with Gasteiger partial charge < -0.3 is 11.1 Å². The van der Waals surface area contributed by atoms with Crippen LogP contribution in [0.4, 0.5) is 5.82 Å². The van der Waals surface area contributed by atoms with E-state index < -0.39 is 0 Å². The zero-order valence-corrected chi connectivity index (χ0v) is 9.25. The molecule has 0 aliphatic rings. The highest BCUT2D eigenvalue weighted by Crippen LogP contribution is 2.08. The van der Waals surface area contributed by atoms with Gasteiger partial charge in [-0.25, -0.2) is 0 Å². The van der Waals surface area contributed by atoms with Crippen molar-refractivity contribution in [3.63, 3.8) is 0 Å². The van der Waals surface area contributed by atoms with E-state index >= 15 is 0 Å². The summed E-state index contributed by atoms with van der Waals surface area (Å²) in [6.45, 7) is 5.87. The smallest absolute Gasteiger partial charge is 0.124 e. The Balaban J connectivity index is 2.34. The lowest BCUT2D eigenvalue weighted by molar-refractivity contribution is 0.559. The Morgan fingerprint density at radius 3 is 2.86 bits per heavy atom. The monoisotopic (exact) mass is 196 g/mol. The van der Waals surface area contributed by atoms with Gasteiger partial charge in [0.15, 0.2) is 0 Å². The van der Waals surface area contributed by atoms with E-state index in [1.165, 1.54) is 0 Å². The first-order valence-electron chi connectivity index (χ1n) is 5.08. The summed E-state index contributed by atoms with van der Waals surface area (Å²) in [5.41, 5.74) is 6.58. The van der Waals surface area contributed by atoms with Crippen LogP contribution in [-0.4, -0.2) is 22.9 Å². The van der Waals surface area contributed by atoms with Gasteiger partial charge in [-0.15, -0.1) is 0 Å². The molecule has 4 heteroatoms. The molecular weight excluding hydrogens is 176 g/mol. The Kier molecular flexibility index (Phi) is 3.95. The van der Waals surface area contributed by atoms with Crippen LogP contribution < -0.4 is 11.1 Å². The van der Waals surface area contributed by atoms with Gasteiger partial charge in [0.2, 0.25) is 0 Å². The highest BCUT2D eigenvalue weighted by atomic mass is 15.3. The first-order chi connectivity index (χ1) is 6.63. The second kappa shape index (κ2) is 5.00. The molecule has 3 N–H and O–H groups in total. The number of nitrogens with two attached hydrogens (primary N) is 1. The molecule has 0 saturated carbocycles. The standard InChI is InChI=1S/C10H20N4/c1-8(7-11)4-5-12-10-6-9(2)13-14(10)3/h6,8,12H,4-5,7,11H2,1-3H3. The minimum atomic E-state index is 0.580. The van der Waals surface area contributed by atoms with Crippen LogP contribution in [0, 0.1) is 12.8 Å². The first-order valence-corrected chi connectivity index (χ1v) is 5.08. The van der Waals surface area contributed by atoms with Crippen LogP contribution in [0.5, 0.6) is 0 Å². The third-order valence-electron chi connectivity index (χ3n) is 2.35. The summed E-state index contributed by atoms with van der Waals surface area (Å²) in [6.07, 6.45) is 1.10. The van der Waals surface area contributed by atoms with E-state index in [4.69, 9.17) is 5.73 Å². The molecule has 0 aliphatic heterocycles. The Labute approximate surface area is 85.5 Å². The maximum absolute atomic E-state index is 5.54. The summed E-state index contributed by atoms with van der Waals surface area (Å²) in [5, 5.41) is 7.60. The van der Waals surface area contributed by atoms with Crippen LogP contribution in [0.15, 0.2) is 6.07 Å². The van der Waals surface area contributed by atoms with Gasteiger partial charge in [0.25, 0.3) is 0 Å². The fourth-order valence-electron chi connectivity index (χ4n) is 1.34.